The maximum atomic E-state index is 12.4. The van der Waals surface area contributed by atoms with Crippen molar-refractivity contribution in [2.24, 2.45) is 0 Å². The van der Waals surface area contributed by atoms with E-state index in [-0.39, 0.29) is 11.8 Å². The van der Waals surface area contributed by atoms with E-state index in [1.807, 2.05) is 35.2 Å². The molecule has 1 heterocycles. The van der Waals surface area contributed by atoms with Crippen LogP contribution in [0.1, 0.15) is 5.56 Å². The lowest BCUT2D eigenvalue weighted by Gasteiger charge is -2.18. The third kappa shape index (κ3) is 2.45. The monoisotopic (exact) mass is 268 g/mol. The molecule has 1 fully saturated rings. The van der Waals surface area contributed by atoms with E-state index in [2.05, 4.69) is 0 Å². The van der Waals surface area contributed by atoms with Gasteiger partial charge >= 0.3 is 6.03 Å². The highest BCUT2D eigenvalue weighted by atomic mass is 16.3. The minimum absolute atomic E-state index is 0.0135. The van der Waals surface area contributed by atoms with Gasteiger partial charge in [0.25, 0.3) is 0 Å². The standard InChI is InChI=1S/C16H16N2O2/c19-15-8-6-14(7-9-15)18-11-10-17(16(18)20)12-13-4-2-1-3-5-13/h1-9,19H,10-12H2. The van der Waals surface area contributed by atoms with Crippen LogP contribution in [0.15, 0.2) is 54.6 Å². The molecule has 1 N–H and O–H groups in total. The first-order valence-corrected chi connectivity index (χ1v) is 6.63. The fraction of sp³-hybridized carbons (Fsp3) is 0.188. The number of hydrogen-bond donors (Lipinski definition) is 1. The Bertz CT molecular complexity index is 596. The maximum absolute atomic E-state index is 12.4. The molecule has 20 heavy (non-hydrogen) atoms. The molecule has 2 amide bonds. The molecule has 1 saturated heterocycles. The Hall–Kier alpha value is -2.49. The zero-order valence-corrected chi connectivity index (χ0v) is 11.1. The number of anilines is 1. The predicted octanol–water partition coefficient (Wildman–Crippen LogP) is 2.83. The molecule has 2 aromatic rings. The number of aromatic hydroxyl groups is 1. The van der Waals surface area contributed by atoms with Gasteiger partial charge in [-0.15, -0.1) is 0 Å². The Morgan fingerprint density at radius 1 is 0.950 bits per heavy atom. The van der Waals surface area contributed by atoms with Gasteiger partial charge in [-0.25, -0.2) is 4.79 Å². The Balaban J connectivity index is 1.72. The third-order valence-corrected chi connectivity index (χ3v) is 3.47. The molecule has 0 unspecified atom stereocenters. The summed E-state index contributed by atoms with van der Waals surface area (Å²) >= 11 is 0. The van der Waals surface area contributed by atoms with E-state index < -0.39 is 0 Å². The lowest BCUT2D eigenvalue weighted by atomic mass is 10.2. The lowest BCUT2D eigenvalue weighted by Crippen LogP contribution is -2.31. The predicted molar refractivity (Wildman–Crippen MR) is 77.7 cm³/mol. The van der Waals surface area contributed by atoms with Crippen LogP contribution < -0.4 is 4.90 Å². The van der Waals surface area contributed by atoms with Crippen molar-refractivity contribution in [1.82, 2.24) is 4.90 Å². The van der Waals surface area contributed by atoms with Crippen molar-refractivity contribution in [3.05, 3.63) is 60.2 Å². The zero-order chi connectivity index (χ0) is 13.9. The van der Waals surface area contributed by atoms with Crippen molar-refractivity contribution in [3.63, 3.8) is 0 Å². The van der Waals surface area contributed by atoms with E-state index in [0.717, 1.165) is 11.3 Å². The van der Waals surface area contributed by atoms with Crippen LogP contribution >= 0.6 is 0 Å². The highest BCUT2D eigenvalue weighted by Crippen LogP contribution is 2.23. The molecule has 0 spiro atoms. The minimum Gasteiger partial charge on any atom is -0.508 e. The Morgan fingerprint density at radius 3 is 2.35 bits per heavy atom. The van der Waals surface area contributed by atoms with E-state index in [9.17, 15) is 9.90 Å². The Morgan fingerprint density at radius 2 is 1.65 bits per heavy atom. The zero-order valence-electron chi connectivity index (χ0n) is 11.1. The Labute approximate surface area is 117 Å². The average Bonchev–Trinajstić information content (AvgIpc) is 2.83. The van der Waals surface area contributed by atoms with Gasteiger partial charge in [0.15, 0.2) is 0 Å². The molecule has 102 valence electrons. The van der Waals surface area contributed by atoms with Crippen molar-refractivity contribution >= 4 is 11.7 Å². The smallest absolute Gasteiger partial charge is 0.324 e. The van der Waals surface area contributed by atoms with Crippen LogP contribution in [-0.2, 0) is 6.54 Å². The van der Waals surface area contributed by atoms with Gasteiger partial charge < -0.3 is 10.0 Å². The topological polar surface area (TPSA) is 43.8 Å². The van der Waals surface area contributed by atoms with Gasteiger partial charge in [-0.05, 0) is 29.8 Å². The molecule has 4 nitrogen and oxygen atoms in total. The van der Waals surface area contributed by atoms with E-state index in [4.69, 9.17) is 0 Å². The first-order chi connectivity index (χ1) is 9.74. The second-order valence-electron chi connectivity index (χ2n) is 4.86. The van der Waals surface area contributed by atoms with Gasteiger partial charge in [-0.2, -0.15) is 0 Å². The average molecular weight is 268 g/mol. The number of amides is 2. The molecule has 0 aromatic heterocycles. The van der Waals surface area contributed by atoms with Crippen LogP contribution in [-0.4, -0.2) is 29.1 Å². The Kier molecular flexibility index (Phi) is 3.29. The van der Waals surface area contributed by atoms with Gasteiger partial charge in [0.1, 0.15) is 5.75 Å². The van der Waals surface area contributed by atoms with Crippen LogP contribution in [0.25, 0.3) is 0 Å². The summed E-state index contributed by atoms with van der Waals surface area (Å²) in [5.74, 6) is 0.210. The largest absolute Gasteiger partial charge is 0.508 e. The summed E-state index contributed by atoms with van der Waals surface area (Å²) in [7, 11) is 0. The fourth-order valence-corrected chi connectivity index (χ4v) is 2.41. The normalized spacial score (nSPS) is 14.9. The summed E-state index contributed by atoms with van der Waals surface area (Å²) < 4.78 is 0. The van der Waals surface area contributed by atoms with Crippen molar-refractivity contribution in [1.29, 1.82) is 0 Å². The van der Waals surface area contributed by atoms with Crippen LogP contribution in [0.2, 0.25) is 0 Å². The van der Waals surface area contributed by atoms with Crippen LogP contribution in [0.3, 0.4) is 0 Å². The molecule has 3 rings (SSSR count). The summed E-state index contributed by atoms with van der Waals surface area (Å²) in [4.78, 5) is 16.0. The van der Waals surface area contributed by atoms with Crippen molar-refractivity contribution in [2.75, 3.05) is 18.0 Å². The number of rotatable bonds is 3. The molecule has 0 atom stereocenters. The summed E-state index contributed by atoms with van der Waals surface area (Å²) in [6.07, 6.45) is 0. The molecule has 0 aliphatic carbocycles. The number of nitrogens with zero attached hydrogens (tertiary/aromatic N) is 2. The molecular formula is C16H16N2O2. The van der Waals surface area contributed by atoms with E-state index >= 15 is 0 Å². The number of carbonyl (C=O) groups excluding carboxylic acids is 1. The highest BCUT2D eigenvalue weighted by Gasteiger charge is 2.29. The van der Waals surface area contributed by atoms with Crippen molar-refractivity contribution in [3.8, 4) is 5.75 Å². The first kappa shape index (κ1) is 12.5. The van der Waals surface area contributed by atoms with Gasteiger partial charge in [0.2, 0.25) is 0 Å². The molecule has 1 aliphatic heterocycles. The maximum Gasteiger partial charge on any atom is 0.324 e. The molecular weight excluding hydrogens is 252 g/mol. The van der Waals surface area contributed by atoms with Crippen molar-refractivity contribution in [2.45, 2.75) is 6.54 Å². The second kappa shape index (κ2) is 5.25. The third-order valence-electron chi connectivity index (χ3n) is 3.47. The van der Waals surface area contributed by atoms with Gasteiger partial charge in [-0.1, -0.05) is 30.3 Å². The molecule has 0 saturated carbocycles. The summed E-state index contributed by atoms with van der Waals surface area (Å²) in [6, 6.07) is 16.7. The quantitative estimate of drug-likeness (QED) is 0.930. The fourth-order valence-electron chi connectivity index (χ4n) is 2.41. The van der Waals surface area contributed by atoms with E-state index in [1.54, 1.807) is 29.2 Å². The number of phenols is 1. The molecule has 0 bridgehead atoms. The van der Waals surface area contributed by atoms with Gasteiger partial charge in [-0.3, -0.25) is 4.90 Å². The number of urea groups is 1. The van der Waals surface area contributed by atoms with E-state index in [0.29, 0.717) is 19.6 Å². The molecule has 4 heteroatoms. The van der Waals surface area contributed by atoms with Gasteiger partial charge in [0.05, 0.1) is 0 Å². The lowest BCUT2D eigenvalue weighted by molar-refractivity contribution is 0.219. The van der Waals surface area contributed by atoms with Crippen LogP contribution in [0.4, 0.5) is 10.5 Å². The van der Waals surface area contributed by atoms with Gasteiger partial charge in [0, 0.05) is 25.3 Å². The van der Waals surface area contributed by atoms with Crippen LogP contribution in [0, 0.1) is 0 Å². The molecule has 0 radical (unpaired) electrons. The number of hydrogen-bond acceptors (Lipinski definition) is 2. The number of phenolic OH excluding ortho intramolecular Hbond substituents is 1. The highest BCUT2D eigenvalue weighted by molar-refractivity contribution is 5.94. The van der Waals surface area contributed by atoms with Crippen LogP contribution in [0.5, 0.6) is 5.75 Å². The second-order valence-corrected chi connectivity index (χ2v) is 4.86. The molecule has 2 aromatic carbocycles. The van der Waals surface area contributed by atoms with E-state index in [1.165, 1.54) is 0 Å². The number of carbonyl (C=O) groups is 1. The molecule has 1 aliphatic rings. The number of benzene rings is 2. The minimum atomic E-state index is 0.0135. The SMILES string of the molecule is O=C1N(Cc2ccccc2)CCN1c1ccc(O)cc1. The summed E-state index contributed by atoms with van der Waals surface area (Å²) in [5.41, 5.74) is 1.96. The first-order valence-electron chi connectivity index (χ1n) is 6.63. The van der Waals surface area contributed by atoms with Crippen molar-refractivity contribution < 1.29 is 9.90 Å². The summed E-state index contributed by atoms with van der Waals surface area (Å²) in [5, 5.41) is 9.30. The summed E-state index contributed by atoms with van der Waals surface area (Å²) in [6.45, 7) is 2.03.